The van der Waals surface area contributed by atoms with E-state index in [-0.39, 0.29) is 30.5 Å². The van der Waals surface area contributed by atoms with Crippen molar-refractivity contribution in [3.63, 3.8) is 0 Å². The molecule has 1 N–H and O–H groups in total. The van der Waals surface area contributed by atoms with Crippen LogP contribution in [0, 0.1) is 6.92 Å². The quantitative estimate of drug-likeness (QED) is 0.377. The largest absolute Gasteiger partial charge is 0.509 e. The predicted octanol–water partition coefficient (Wildman–Crippen LogP) is 3.48. The van der Waals surface area contributed by atoms with E-state index in [0.29, 0.717) is 0 Å². The van der Waals surface area contributed by atoms with Gasteiger partial charge in [-0.15, -0.1) is 5.11 Å². The van der Waals surface area contributed by atoms with Gasteiger partial charge in [0.25, 0.3) is 0 Å². The van der Waals surface area contributed by atoms with Crippen molar-refractivity contribution in [2.75, 3.05) is 6.61 Å². The molecule has 21 heavy (non-hydrogen) atoms. The Kier molecular flexibility index (Phi) is 5.09. The first-order valence-corrected chi connectivity index (χ1v) is 7.15. The monoisotopic (exact) mass is 288 g/mol. The lowest BCUT2D eigenvalue weighted by Crippen LogP contribution is -2.10. The van der Waals surface area contributed by atoms with Crippen molar-refractivity contribution >= 4 is 5.97 Å². The second-order valence-electron chi connectivity index (χ2n) is 5.12. The fourth-order valence-electron chi connectivity index (χ4n) is 1.73. The standard InChI is InChI=1S/C16H20N2O3/c1-3-21-16(20)15(18-17-13-8-9-13)14(19)10-12-6-4-11(2)5-7-12/h4-7,13,19H,3,8-10H2,1-2H3. The van der Waals surface area contributed by atoms with Gasteiger partial charge in [0.1, 0.15) is 5.76 Å². The Labute approximate surface area is 124 Å². The Hall–Kier alpha value is -2.17. The first kappa shape index (κ1) is 15.2. The number of carbonyl (C=O) groups is 1. The van der Waals surface area contributed by atoms with Crippen molar-refractivity contribution < 1.29 is 14.6 Å². The number of rotatable bonds is 6. The second kappa shape index (κ2) is 7.02. The summed E-state index contributed by atoms with van der Waals surface area (Å²) in [6, 6.07) is 7.91. The van der Waals surface area contributed by atoms with Gasteiger partial charge >= 0.3 is 5.97 Å². The molecule has 0 aliphatic heterocycles. The number of carbonyl (C=O) groups excluding carboxylic acids is 1. The molecular formula is C16H20N2O3. The molecular weight excluding hydrogens is 268 g/mol. The lowest BCUT2D eigenvalue weighted by molar-refractivity contribution is -0.138. The van der Waals surface area contributed by atoms with Crippen LogP contribution in [0.5, 0.6) is 0 Å². The average molecular weight is 288 g/mol. The molecule has 0 heterocycles. The van der Waals surface area contributed by atoms with E-state index < -0.39 is 5.97 Å². The molecule has 0 amide bonds. The molecule has 0 atom stereocenters. The van der Waals surface area contributed by atoms with Crippen LogP contribution in [0.4, 0.5) is 0 Å². The van der Waals surface area contributed by atoms with Crippen molar-refractivity contribution in [1.82, 2.24) is 0 Å². The van der Waals surface area contributed by atoms with Gasteiger partial charge < -0.3 is 9.84 Å². The highest BCUT2D eigenvalue weighted by molar-refractivity contribution is 5.88. The van der Waals surface area contributed by atoms with Crippen LogP contribution >= 0.6 is 0 Å². The number of esters is 1. The van der Waals surface area contributed by atoms with Gasteiger partial charge in [0, 0.05) is 6.42 Å². The molecule has 1 aromatic rings. The number of aryl methyl sites for hydroxylation is 1. The summed E-state index contributed by atoms with van der Waals surface area (Å²) in [7, 11) is 0. The summed E-state index contributed by atoms with van der Waals surface area (Å²) in [6.45, 7) is 3.94. The number of nitrogens with zero attached hydrogens (tertiary/aromatic N) is 2. The fraction of sp³-hybridized carbons (Fsp3) is 0.438. The molecule has 1 aliphatic carbocycles. The molecule has 0 spiro atoms. The number of hydrogen-bond donors (Lipinski definition) is 1. The maximum Gasteiger partial charge on any atom is 0.362 e. The van der Waals surface area contributed by atoms with Gasteiger partial charge in [-0.2, -0.15) is 5.11 Å². The average Bonchev–Trinajstić information content (AvgIpc) is 3.26. The number of ether oxygens (including phenoxy) is 1. The number of benzene rings is 1. The molecule has 0 aromatic heterocycles. The van der Waals surface area contributed by atoms with Gasteiger partial charge in [-0.25, -0.2) is 4.79 Å². The minimum atomic E-state index is -0.633. The number of aliphatic hydroxyl groups is 1. The van der Waals surface area contributed by atoms with Crippen LogP contribution in [0.1, 0.15) is 30.9 Å². The third-order valence-electron chi connectivity index (χ3n) is 3.10. The van der Waals surface area contributed by atoms with Crippen molar-refractivity contribution in [3.05, 3.63) is 46.8 Å². The zero-order valence-electron chi connectivity index (χ0n) is 12.4. The highest BCUT2D eigenvalue weighted by atomic mass is 16.5. The number of hydrogen-bond acceptors (Lipinski definition) is 5. The van der Waals surface area contributed by atoms with Crippen LogP contribution in [0.2, 0.25) is 0 Å². The van der Waals surface area contributed by atoms with Crippen LogP contribution in [-0.4, -0.2) is 23.7 Å². The van der Waals surface area contributed by atoms with Crippen LogP contribution in [0.3, 0.4) is 0 Å². The van der Waals surface area contributed by atoms with Gasteiger partial charge in [-0.05, 0) is 32.3 Å². The Morgan fingerprint density at radius 3 is 2.57 bits per heavy atom. The van der Waals surface area contributed by atoms with Gasteiger partial charge in [-0.1, -0.05) is 29.8 Å². The van der Waals surface area contributed by atoms with Crippen molar-refractivity contribution in [1.29, 1.82) is 0 Å². The molecule has 1 fully saturated rings. The van der Waals surface area contributed by atoms with E-state index in [1.165, 1.54) is 0 Å². The van der Waals surface area contributed by atoms with Crippen molar-refractivity contribution in [2.45, 2.75) is 39.2 Å². The molecule has 112 valence electrons. The van der Waals surface area contributed by atoms with E-state index >= 15 is 0 Å². The lowest BCUT2D eigenvalue weighted by atomic mass is 10.1. The normalized spacial score (nSPS) is 15.9. The maximum atomic E-state index is 11.9. The summed E-state index contributed by atoms with van der Waals surface area (Å²) in [4.78, 5) is 11.9. The molecule has 0 saturated heterocycles. The Balaban J connectivity index is 2.17. The maximum absolute atomic E-state index is 11.9. The summed E-state index contributed by atoms with van der Waals surface area (Å²) in [5, 5.41) is 18.1. The summed E-state index contributed by atoms with van der Waals surface area (Å²) in [5.41, 5.74) is 1.95. The van der Waals surface area contributed by atoms with Crippen molar-refractivity contribution in [2.24, 2.45) is 10.2 Å². The smallest absolute Gasteiger partial charge is 0.362 e. The van der Waals surface area contributed by atoms with Crippen LogP contribution in [0.15, 0.2) is 46.0 Å². The van der Waals surface area contributed by atoms with Crippen molar-refractivity contribution in [3.8, 4) is 0 Å². The SMILES string of the molecule is CCOC(=O)C(N=NC1CC1)=C(O)Cc1ccc(C)cc1. The van der Waals surface area contributed by atoms with E-state index in [9.17, 15) is 9.90 Å². The van der Waals surface area contributed by atoms with Gasteiger partial charge in [-0.3, -0.25) is 0 Å². The number of allylic oxidation sites excluding steroid dienone is 1. The molecule has 0 bridgehead atoms. The molecule has 1 aliphatic rings. The van der Waals surface area contributed by atoms with Crippen LogP contribution < -0.4 is 0 Å². The lowest BCUT2D eigenvalue weighted by Gasteiger charge is -2.06. The molecule has 0 radical (unpaired) electrons. The molecule has 5 nitrogen and oxygen atoms in total. The predicted molar refractivity (Wildman–Crippen MR) is 79.0 cm³/mol. The molecule has 5 heteroatoms. The fourth-order valence-corrected chi connectivity index (χ4v) is 1.73. The number of aliphatic hydroxyl groups excluding tert-OH is 1. The first-order chi connectivity index (χ1) is 10.1. The Bertz CT molecular complexity index is 557. The second-order valence-corrected chi connectivity index (χ2v) is 5.12. The zero-order valence-corrected chi connectivity index (χ0v) is 12.4. The van der Waals surface area contributed by atoms with Gasteiger partial charge in [0.05, 0.1) is 12.6 Å². The van der Waals surface area contributed by atoms with E-state index in [2.05, 4.69) is 10.2 Å². The summed E-state index contributed by atoms with van der Waals surface area (Å²) in [5.74, 6) is -0.742. The summed E-state index contributed by atoms with van der Waals surface area (Å²) in [6.07, 6.45) is 2.20. The van der Waals surface area contributed by atoms with Gasteiger partial charge in [0.15, 0.2) is 0 Å². The van der Waals surface area contributed by atoms with E-state index in [0.717, 1.165) is 24.0 Å². The number of azo groups is 1. The Morgan fingerprint density at radius 2 is 2.00 bits per heavy atom. The molecule has 1 aromatic carbocycles. The Morgan fingerprint density at radius 1 is 1.33 bits per heavy atom. The zero-order chi connectivity index (χ0) is 15.2. The highest BCUT2D eigenvalue weighted by Crippen LogP contribution is 2.25. The van der Waals surface area contributed by atoms with E-state index in [1.807, 2.05) is 31.2 Å². The third-order valence-corrected chi connectivity index (χ3v) is 3.10. The van der Waals surface area contributed by atoms with Crippen LogP contribution in [0.25, 0.3) is 0 Å². The molecule has 1 saturated carbocycles. The topological polar surface area (TPSA) is 71.2 Å². The third kappa shape index (κ3) is 4.70. The first-order valence-electron chi connectivity index (χ1n) is 7.15. The van der Waals surface area contributed by atoms with Gasteiger partial charge in [0.2, 0.25) is 5.70 Å². The summed E-state index contributed by atoms with van der Waals surface area (Å²) < 4.78 is 4.92. The van der Waals surface area contributed by atoms with E-state index in [4.69, 9.17) is 4.74 Å². The molecule has 2 rings (SSSR count). The minimum absolute atomic E-state index is 0.0932. The minimum Gasteiger partial charge on any atom is -0.509 e. The van der Waals surface area contributed by atoms with E-state index in [1.54, 1.807) is 6.92 Å². The van der Waals surface area contributed by atoms with Crippen LogP contribution in [-0.2, 0) is 16.0 Å². The highest BCUT2D eigenvalue weighted by Gasteiger charge is 2.23. The molecule has 0 unspecified atom stereocenters. The summed E-state index contributed by atoms with van der Waals surface area (Å²) >= 11 is 0.